The van der Waals surface area contributed by atoms with E-state index >= 15 is 0 Å². The first-order chi connectivity index (χ1) is 20.5. The molecule has 0 saturated heterocycles. The number of hydrogen-bond donors (Lipinski definition) is 3. The van der Waals surface area contributed by atoms with Gasteiger partial charge >= 0.3 is 17.9 Å². The summed E-state index contributed by atoms with van der Waals surface area (Å²) < 4.78 is 0.226. The van der Waals surface area contributed by atoms with Gasteiger partial charge in [-0.1, -0.05) is 109 Å². The first-order valence-corrected chi connectivity index (χ1v) is 17.7. The van der Waals surface area contributed by atoms with Crippen LogP contribution in [0.3, 0.4) is 0 Å². The van der Waals surface area contributed by atoms with Gasteiger partial charge in [-0.05, 0) is 59.3 Å². The van der Waals surface area contributed by atoms with Crippen LogP contribution < -0.4 is 0 Å². The maximum absolute atomic E-state index is 11.6. The van der Waals surface area contributed by atoms with Crippen molar-refractivity contribution < 1.29 is 34.2 Å². The van der Waals surface area contributed by atoms with Gasteiger partial charge in [0.2, 0.25) is 0 Å². The average molecular weight is 611 g/mol. The Morgan fingerprint density at radius 1 is 0.488 bits per heavy atom. The lowest BCUT2D eigenvalue weighted by molar-refractivity contribution is -0.934. The molecule has 0 aromatic heterocycles. The van der Waals surface area contributed by atoms with E-state index in [0.29, 0.717) is 6.54 Å². The van der Waals surface area contributed by atoms with E-state index in [1.807, 2.05) is 0 Å². The summed E-state index contributed by atoms with van der Waals surface area (Å²) in [5, 5.41) is 28.6. The van der Waals surface area contributed by atoms with Gasteiger partial charge in [-0.2, -0.15) is 0 Å². The Morgan fingerprint density at radius 2 is 0.767 bits per heavy atom. The summed E-state index contributed by atoms with van der Waals surface area (Å²) in [6, 6.07) is 0. The largest absolute Gasteiger partial charge is 0.481 e. The Labute approximate surface area is 264 Å². The van der Waals surface area contributed by atoms with E-state index in [2.05, 4.69) is 19.1 Å². The SMILES string of the molecule is CCCCCCCC/C=C/CCCCCCCCCCCCCC[N+](CC(C)C(=O)O)(CC(C)C(=O)O)CC(C)C(=O)O. The lowest BCUT2D eigenvalue weighted by atomic mass is 10.00. The minimum absolute atomic E-state index is 0.226. The van der Waals surface area contributed by atoms with Crippen LogP contribution >= 0.6 is 0 Å². The van der Waals surface area contributed by atoms with E-state index in [4.69, 9.17) is 0 Å². The minimum Gasteiger partial charge on any atom is -0.481 e. The number of rotatable bonds is 31. The highest BCUT2D eigenvalue weighted by Crippen LogP contribution is 2.22. The highest BCUT2D eigenvalue weighted by atomic mass is 16.4. The third-order valence-electron chi connectivity index (χ3n) is 8.89. The number of aliphatic carboxylic acids is 3. The molecule has 0 radical (unpaired) electrons. The summed E-state index contributed by atoms with van der Waals surface area (Å²) in [4.78, 5) is 34.9. The maximum atomic E-state index is 11.6. The predicted molar refractivity (Wildman–Crippen MR) is 177 cm³/mol. The topological polar surface area (TPSA) is 112 Å². The molecule has 252 valence electrons. The molecule has 0 aliphatic rings. The van der Waals surface area contributed by atoms with E-state index in [-0.39, 0.29) is 24.1 Å². The van der Waals surface area contributed by atoms with Crippen LogP contribution in [-0.2, 0) is 14.4 Å². The molecule has 0 saturated carbocycles. The lowest BCUT2D eigenvalue weighted by Crippen LogP contribution is -2.57. The lowest BCUT2D eigenvalue weighted by Gasteiger charge is -2.42. The van der Waals surface area contributed by atoms with E-state index in [1.54, 1.807) is 20.8 Å². The van der Waals surface area contributed by atoms with E-state index in [0.717, 1.165) is 19.3 Å². The van der Waals surface area contributed by atoms with Crippen molar-refractivity contribution in [3.8, 4) is 0 Å². The number of carboxylic acid groups (broad SMARTS) is 3. The summed E-state index contributed by atoms with van der Waals surface area (Å²) >= 11 is 0. The number of hydrogen-bond acceptors (Lipinski definition) is 3. The van der Waals surface area contributed by atoms with Gasteiger partial charge in [0.15, 0.2) is 0 Å². The molecule has 0 spiro atoms. The summed E-state index contributed by atoms with van der Waals surface area (Å²) in [5.41, 5.74) is 0. The Morgan fingerprint density at radius 3 is 1.07 bits per heavy atom. The van der Waals surface area contributed by atoms with Crippen LogP contribution in [-0.4, -0.2) is 63.9 Å². The van der Waals surface area contributed by atoms with Gasteiger partial charge < -0.3 is 19.8 Å². The normalized spacial score (nSPS) is 15.3. The van der Waals surface area contributed by atoms with Gasteiger partial charge in [0, 0.05) is 0 Å². The van der Waals surface area contributed by atoms with Crippen molar-refractivity contribution in [1.29, 1.82) is 0 Å². The van der Waals surface area contributed by atoms with Crippen LogP contribution in [0.2, 0.25) is 0 Å². The Bertz CT molecular complexity index is 697. The number of unbranched alkanes of at least 4 members (excludes halogenated alkanes) is 18. The number of quaternary nitrogens is 1. The van der Waals surface area contributed by atoms with E-state index in [9.17, 15) is 29.7 Å². The summed E-state index contributed by atoms with van der Waals surface area (Å²) in [5.74, 6) is -4.80. The quantitative estimate of drug-likeness (QED) is 0.0410. The molecule has 0 rings (SSSR count). The van der Waals surface area contributed by atoms with Crippen LogP contribution in [0.5, 0.6) is 0 Å². The summed E-state index contributed by atoms with van der Waals surface area (Å²) in [7, 11) is 0. The van der Waals surface area contributed by atoms with Gasteiger partial charge in [-0.15, -0.1) is 0 Å². The number of carboxylic acids is 3. The fourth-order valence-corrected chi connectivity index (χ4v) is 6.23. The van der Waals surface area contributed by atoms with Gasteiger partial charge in [0.25, 0.3) is 0 Å². The monoisotopic (exact) mass is 611 g/mol. The summed E-state index contributed by atoms with van der Waals surface area (Å²) in [6.07, 6.45) is 30.0. The van der Waals surface area contributed by atoms with Crippen LogP contribution in [0.25, 0.3) is 0 Å². The third kappa shape index (κ3) is 23.2. The zero-order valence-corrected chi connectivity index (χ0v) is 28.4. The van der Waals surface area contributed by atoms with Crippen molar-refractivity contribution in [2.24, 2.45) is 17.8 Å². The van der Waals surface area contributed by atoms with Gasteiger partial charge in [-0.3, -0.25) is 14.4 Å². The molecule has 0 bridgehead atoms. The molecule has 7 heteroatoms. The van der Waals surface area contributed by atoms with Crippen molar-refractivity contribution in [2.45, 2.75) is 156 Å². The third-order valence-corrected chi connectivity index (χ3v) is 8.89. The first kappa shape index (κ1) is 41.1. The van der Waals surface area contributed by atoms with E-state index in [1.165, 1.54) is 109 Å². The highest BCUT2D eigenvalue weighted by Gasteiger charge is 2.38. The molecule has 0 heterocycles. The molecular formula is C36H68NO6+. The van der Waals surface area contributed by atoms with Crippen molar-refractivity contribution in [2.75, 3.05) is 26.2 Å². The number of carbonyl (C=O) groups is 3. The van der Waals surface area contributed by atoms with Crippen LogP contribution in [0.4, 0.5) is 0 Å². The predicted octanol–water partition coefficient (Wildman–Crippen LogP) is 9.34. The molecule has 0 aromatic carbocycles. The molecule has 0 amide bonds. The molecule has 3 N–H and O–H groups in total. The minimum atomic E-state index is -0.931. The van der Waals surface area contributed by atoms with Crippen molar-refractivity contribution in [3.63, 3.8) is 0 Å². The molecule has 7 nitrogen and oxygen atoms in total. The van der Waals surface area contributed by atoms with Crippen molar-refractivity contribution in [1.82, 2.24) is 0 Å². The van der Waals surface area contributed by atoms with Crippen LogP contribution in [0.15, 0.2) is 12.2 Å². The number of allylic oxidation sites excluding steroid dienone is 2. The zero-order chi connectivity index (χ0) is 32.3. The fourth-order valence-electron chi connectivity index (χ4n) is 6.23. The molecule has 0 aromatic rings. The zero-order valence-electron chi connectivity index (χ0n) is 28.4. The molecule has 43 heavy (non-hydrogen) atoms. The number of nitrogens with zero attached hydrogens (tertiary/aromatic N) is 1. The fraction of sp³-hybridized carbons (Fsp3) is 0.861. The smallest absolute Gasteiger partial charge is 0.311 e. The Hall–Kier alpha value is -1.89. The second kappa shape index (κ2) is 26.5. The van der Waals surface area contributed by atoms with E-state index < -0.39 is 35.7 Å². The molecule has 0 fully saturated rings. The second-order valence-electron chi connectivity index (χ2n) is 13.4. The van der Waals surface area contributed by atoms with Crippen molar-refractivity contribution >= 4 is 17.9 Å². The first-order valence-electron chi connectivity index (χ1n) is 17.7. The maximum Gasteiger partial charge on any atom is 0.311 e. The second-order valence-corrected chi connectivity index (χ2v) is 13.4. The van der Waals surface area contributed by atoms with Crippen LogP contribution in [0.1, 0.15) is 156 Å². The highest BCUT2D eigenvalue weighted by molar-refractivity contribution is 5.70. The van der Waals surface area contributed by atoms with Gasteiger partial charge in [0.1, 0.15) is 17.8 Å². The Kier molecular flexibility index (Phi) is 25.3. The molecular weight excluding hydrogens is 542 g/mol. The average Bonchev–Trinajstić information content (AvgIpc) is 2.95. The molecule has 0 aliphatic heterocycles. The van der Waals surface area contributed by atoms with Gasteiger partial charge in [-0.25, -0.2) is 0 Å². The van der Waals surface area contributed by atoms with Crippen molar-refractivity contribution in [3.05, 3.63) is 12.2 Å². The standard InChI is InChI=1S/C36H67NO6/c1-5-6-7-8-9-10-11-12-13-14-15-16-17-18-19-20-21-22-23-24-25-26-27-37(28-31(2)34(38)39,29-32(3)35(40)41)30-33(4)36(42)43/h12-13,31-33H,5-11,14-30H2,1-4H3,(H2-,38,39,40,41,42,43)/p+1/b13-12+. The molecule has 0 aliphatic carbocycles. The van der Waals surface area contributed by atoms with Gasteiger partial charge in [0.05, 0.1) is 26.2 Å². The molecule has 3 atom stereocenters. The van der Waals surface area contributed by atoms with Crippen LogP contribution in [0, 0.1) is 17.8 Å². The molecule has 3 unspecified atom stereocenters. The summed E-state index contributed by atoms with van der Waals surface area (Å²) in [6.45, 7) is 8.51. The Balaban J connectivity index is 4.14.